The molecule has 0 heterocycles. The number of benzene rings is 3. The van der Waals surface area contributed by atoms with Crippen molar-refractivity contribution in [1.82, 2.24) is 0 Å². The Morgan fingerprint density at radius 1 is 0.371 bits per heavy atom. The van der Waals surface area contributed by atoms with Crippen LogP contribution in [0.1, 0.15) is 61.1 Å². The summed E-state index contributed by atoms with van der Waals surface area (Å²) in [6.45, 7) is 72.6. The SMILES string of the molecule is CC1=[C-]C(C)([Si](c2cc(C)c([Si](C)(C)C)c(C)c2[Si](C)(C)C)(c2cc(C)c([Si](C)(C)C)c(C)c2[Si](C)(C)C)c2cc(C)c([Si](C)(C)C)c(C)c2[Si](C)(C)C)C(C)=C1C.[Cl-].[Cl-].[Cl-].[Ti+4]. The van der Waals surface area contributed by atoms with Crippen molar-refractivity contribution in [3.05, 3.63) is 74.4 Å². The average Bonchev–Trinajstić information content (AvgIpc) is 3.15. The molecular weight excluding hydrogens is 963 g/mol. The van der Waals surface area contributed by atoms with Crippen molar-refractivity contribution >= 4 is 103 Å². The van der Waals surface area contributed by atoms with Gasteiger partial charge in [-0.2, -0.15) is 11.1 Å². The number of rotatable bonds is 10. The third kappa shape index (κ3) is 10.4. The molecule has 3 aromatic rings. The second kappa shape index (κ2) is 19.7. The van der Waals surface area contributed by atoms with E-state index in [9.17, 15) is 0 Å². The molecule has 11 heteroatoms. The molecule has 1 unspecified atom stereocenters. The largest absolute Gasteiger partial charge is 4.00 e. The van der Waals surface area contributed by atoms with Gasteiger partial charge in [-0.1, -0.05) is 226 Å². The van der Waals surface area contributed by atoms with Crippen LogP contribution in [0, 0.1) is 47.6 Å². The zero-order valence-corrected chi connectivity index (χ0v) is 55.7. The van der Waals surface area contributed by atoms with Crippen LogP contribution in [0.4, 0.5) is 0 Å². The topological polar surface area (TPSA) is 0 Å². The van der Waals surface area contributed by atoms with Crippen molar-refractivity contribution in [3.8, 4) is 0 Å². The first-order valence-electron chi connectivity index (χ1n) is 22.5. The van der Waals surface area contributed by atoms with Crippen molar-refractivity contribution in [2.75, 3.05) is 0 Å². The number of halogens is 3. The average molecular weight is 1050 g/mol. The number of hydrogen-bond acceptors (Lipinski definition) is 0. The first-order chi connectivity index (χ1) is 25.7. The fourth-order valence-electron chi connectivity index (χ4n) is 13.0. The zero-order chi connectivity index (χ0) is 45.2. The van der Waals surface area contributed by atoms with E-state index in [1.807, 2.05) is 0 Å². The van der Waals surface area contributed by atoms with Crippen molar-refractivity contribution < 1.29 is 58.9 Å². The van der Waals surface area contributed by atoms with Gasteiger partial charge in [0.15, 0.2) is 0 Å². The summed E-state index contributed by atoms with van der Waals surface area (Å²) in [5.41, 5.74) is 13.9. The van der Waals surface area contributed by atoms with Crippen LogP contribution in [0.5, 0.6) is 0 Å². The smallest absolute Gasteiger partial charge is 1.00 e. The van der Waals surface area contributed by atoms with Gasteiger partial charge in [-0.05, 0) is 57.1 Å². The molecule has 0 fully saturated rings. The third-order valence-electron chi connectivity index (χ3n) is 14.1. The quantitative estimate of drug-likeness (QED) is 0.163. The fraction of sp³-hybridized carbons (Fsp3) is 0.569. The Labute approximate surface area is 424 Å². The minimum atomic E-state index is -3.20. The minimum Gasteiger partial charge on any atom is -1.00 e. The normalized spacial score (nSPS) is 16.6. The van der Waals surface area contributed by atoms with Gasteiger partial charge in [-0.25, -0.2) is 5.57 Å². The first kappa shape index (κ1) is 62.2. The molecule has 0 amide bonds. The monoisotopic (exact) mass is 1050 g/mol. The molecule has 0 N–H and O–H groups in total. The Bertz CT molecular complexity index is 2040. The predicted molar refractivity (Wildman–Crippen MR) is 289 cm³/mol. The summed E-state index contributed by atoms with van der Waals surface area (Å²) in [4.78, 5) is 0. The molecule has 62 heavy (non-hydrogen) atoms. The van der Waals surface area contributed by atoms with Crippen LogP contribution in [-0.2, 0) is 21.7 Å². The third-order valence-corrected chi connectivity index (χ3v) is 33.7. The first-order valence-corrected chi connectivity index (χ1v) is 45.5. The fourth-order valence-corrected chi connectivity index (χ4v) is 39.0. The van der Waals surface area contributed by atoms with Crippen molar-refractivity contribution in [3.63, 3.8) is 0 Å². The Kier molecular flexibility index (Phi) is 19.8. The maximum atomic E-state index is 4.53. The number of hydrogen-bond donors (Lipinski definition) is 0. The van der Waals surface area contributed by atoms with Gasteiger partial charge < -0.3 is 37.2 Å². The standard InChI is InChI=1S/C51H87Si7.3ClH.Ti/c1-33-29-42(48(55(20,21)22)38(6)45(33)52(11,12)13)58(51(10)32-36(4)37(5)41(51)9,43-30-34(2)46(53(14,15)16)39(7)49(43)56(23,24)25)44-31-35(3)47(54(17,18)19)40(8)50(44)57(26,27)28;;;;/h29-31H,1-28H3;3*1H;/q-1;;;;+4/p-3. The summed E-state index contributed by atoms with van der Waals surface area (Å²) in [7, 11) is -14.3. The summed E-state index contributed by atoms with van der Waals surface area (Å²) >= 11 is 0. The van der Waals surface area contributed by atoms with Gasteiger partial charge in [0, 0.05) is 0 Å². The van der Waals surface area contributed by atoms with Gasteiger partial charge >= 0.3 is 21.7 Å². The van der Waals surface area contributed by atoms with E-state index >= 15 is 0 Å². The Morgan fingerprint density at radius 3 is 0.742 bits per heavy atom. The molecule has 0 aliphatic heterocycles. The van der Waals surface area contributed by atoms with Crippen LogP contribution < -0.4 is 83.9 Å². The van der Waals surface area contributed by atoms with E-state index in [0.717, 1.165) is 0 Å². The predicted octanol–water partition coefficient (Wildman–Crippen LogP) is 1.15. The molecule has 344 valence electrons. The zero-order valence-electron chi connectivity index (χ0n) is 44.9. The van der Waals surface area contributed by atoms with E-state index in [1.165, 1.54) is 27.8 Å². The summed E-state index contributed by atoms with van der Waals surface area (Å²) in [5.74, 6) is 0. The molecule has 0 saturated heterocycles. The molecule has 0 aromatic heterocycles. The van der Waals surface area contributed by atoms with Crippen LogP contribution in [0.2, 0.25) is 123 Å². The minimum absolute atomic E-state index is 0. The van der Waals surface area contributed by atoms with Crippen LogP contribution in [0.25, 0.3) is 0 Å². The van der Waals surface area contributed by atoms with E-state index in [4.69, 9.17) is 0 Å². The molecule has 0 bridgehead atoms. The van der Waals surface area contributed by atoms with Gasteiger partial charge in [0.1, 0.15) is 8.07 Å². The summed E-state index contributed by atoms with van der Waals surface area (Å²) in [6.07, 6.45) is 4.53. The van der Waals surface area contributed by atoms with Gasteiger partial charge in [-0.15, -0.1) is 6.92 Å². The maximum Gasteiger partial charge on any atom is 4.00 e. The Morgan fingerprint density at radius 2 is 0.581 bits per heavy atom. The Balaban J connectivity index is 0.00000930. The van der Waals surface area contributed by atoms with E-state index in [-0.39, 0.29) is 64.0 Å². The molecule has 1 aliphatic carbocycles. The van der Waals surface area contributed by atoms with Crippen LogP contribution >= 0.6 is 0 Å². The van der Waals surface area contributed by atoms with Gasteiger partial charge in [0.2, 0.25) is 0 Å². The van der Waals surface area contributed by atoms with Crippen molar-refractivity contribution in [2.24, 2.45) is 0 Å². The molecule has 3 aromatic carbocycles. The molecule has 1 atom stereocenters. The van der Waals surface area contributed by atoms with Crippen molar-refractivity contribution in [2.45, 2.75) is 192 Å². The van der Waals surface area contributed by atoms with Crippen LogP contribution in [-0.4, -0.2) is 56.5 Å². The van der Waals surface area contributed by atoms with E-state index < -0.39 is 56.5 Å². The summed E-state index contributed by atoms with van der Waals surface area (Å²) in [5, 5.41) is 15.3. The van der Waals surface area contributed by atoms with Gasteiger partial charge in [0.05, 0.1) is 48.4 Å². The molecule has 1 aliphatic rings. The van der Waals surface area contributed by atoms with Crippen LogP contribution in [0.3, 0.4) is 0 Å². The van der Waals surface area contributed by atoms with E-state index in [1.54, 1.807) is 68.9 Å². The second-order valence-corrected chi connectivity index (χ2v) is 59.3. The molecule has 0 saturated carbocycles. The number of aryl methyl sites for hydroxylation is 3. The summed E-state index contributed by atoms with van der Waals surface area (Å²) in [6, 6.07) is 8.58. The second-order valence-electron chi connectivity index (χ2n) is 25.2. The Hall–Kier alpha value is 0.242. The maximum absolute atomic E-state index is 4.53. The van der Waals surface area contributed by atoms with Crippen molar-refractivity contribution in [1.29, 1.82) is 0 Å². The van der Waals surface area contributed by atoms with E-state index in [0.29, 0.717) is 0 Å². The van der Waals surface area contributed by atoms with Gasteiger partial charge in [0.25, 0.3) is 0 Å². The molecule has 0 radical (unpaired) electrons. The molecule has 4 rings (SSSR count). The van der Waals surface area contributed by atoms with E-state index in [2.05, 4.69) is 211 Å². The molecular formula is C51H87Cl3Si7Ti. The van der Waals surface area contributed by atoms with Crippen LogP contribution in [0.15, 0.2) is 34.9 Å². The number of allylic oxidation sites excluding steroid dienone is 4. The molecule has 0 nitrogen and oxygen atoms in total. The van der Waals surface area contributed by atoms with Gasteiger partial charge in [-0.3, -0.25) is 6.08 Å². The summed E-state index contributed by atoms with van der Waals surface area (Å²) < 4.78 is 0. The molecule has 0 spiro atoms.